The Kier molecular flexibility index (Phi) is 8.19. The topological polar surface area (TPSA) is 109 Å². The van der Waals surface area contributed by atoms with Gasteiger partial charge in [-0.05, 0) is 38.0 Å². The van der Waals surface area contributed by atoms with Gasteiger partial charge >= 0.3 is 0 Å². The van der Waals surface area contributed by atoms with Crippen LogP contribution in [0.2, 0.25) is 0 Å². The molecule has 0 aromatic carbocycles. The van der Waals surface area contributed by atoms with Crippen LogP contribution in [0.25, 0.3) is 0 Å². The molecule has 2 aliphatic rings. The molecule has 8 heteroatoms. The number of methoxy groups -OCH3 is 1. The largest absolute Gasteiger partial charge is 0.383 e. The average Bonchev–Trinajstić information content (AvgIpc) is 3.54. The minimum Gasteiger partial charge on any atom is -0.383 e. The van der Waals surface area contributed by atoms with Gasteiger partial charge in [-0.15, -0.1) is 0 Å². The van der Waals surface area contributed by atoms with Crippen molar-refractivity contribution >= 4 is 17.6 Å². The minimum atomic E-state index is -0.796. The molecule has 1 saturated heterocycles. The number of ketones is 1. The van der Waals surface area contributed by atoms with Crippen molar-refractivity contribution in [1.29, 1.82) is 0 Å². The second-order valence-electron chi connectivity index (χ2n) is 9.23. The Morgan fingerprint density at radius 1 is 1.07 bits per heavy atom. The molecule has 0 bridgehead atoms. The molecule has 2 fully saturated rings. The van der Waals surface area contributed by atoms with Gasteiger partial charge in [0.2, 0.25) is 11.8 Å². The smallest absolute Gasteiger partial charge is 0.243 e. The monoisotopic (exact) mass is 411 g/mol. The number of nitrogens with one attached hydrogen (secondary N) is 3. The molecule has 2 amide bonds. The van der Waals surface area contributed by atoms with E-state index in [0.29, 0.717) is 13.0 Å². The minimum absolute atomic E-state index is 0.0980. The third kappa shape index (κ3) is 7.04. The lowest BCUT2D eigenvalue weighted by Crippen LogP contribution is -2.58. The van der Waals surface area contributed by atoms with Gasteiger partial charge in [-0.2, -0.15) is 0 Å². The maximum Gasteiger partial charge on any atom is 0.243 e. The molecule has 1 saturated carbocycles. The normalized spacial score (nSPS) is 24.1. The van der Waals surface area contributed by atoms with E-state index in [1.54, 1.807) is 6.92 Å². The quantitative estimate of drug-likeness (QED) is 0.387. The summed E-state index contributed by atoms with van der Waals surface area (Å²) in [6, 6.07) is -1.70. The van der Waals surface area contributed by atoms with Crippen LogP contribution in [-0.2, 0) is 23.9 Å². The lowest BCUT2D eigenvalue weighted by molar-refractivity contribution is -0.134. The van der Waals surface area contributed by atoms with Crippen molar-refractivity contribution < 1.29 is 23.9 Å². The first kappa shape index (κ1) is 23.8. The van der Waals surface area contributed by atoms with Crippen LogP contribution >= 0.6 is 0 Å². The van der Waals surface area contributed by atoms with Crippen molar-refractivity contribution in [3.63, 3.8) is 0 Å². The molecule has 4 atom stereocenters. The molecule has 166 valence electrons. The van der Waals surface area contributed by atoms with E-state index < -0.39 is 23.7 Å². The second-order valence-corrected chi connectivity index (χ2v) is 9.23. The van der Waals surface area contributed by atoms with Gasteiger partial charge in [-0.3, -0.25) is 14.4 Å². The van der Waals surface area contributed by atoms with Crippen LogP contribution in [0.1, 0.15) is 53.9 Å². The molecule has 2 rings (SSSR count). The molecule has 29 heavy (non-hydrogen) atoms. The van der Waals surface area contributed by atoms with Crippen molar-refractivity contribution in [2.75, 3.05) is 20.3 Å². The summed E-state index contributed by atoms with van der Waals surface area (Å²) in [7, 11) is 1.54. The average molecular weight is 412 g/mol. The van der Waals surface area contributed by atoms with Crippen LogP contribution in [0.4, 0.5) is 0 Å². The predicted octanol–water partition coefficient (Wildman–Crippen LogP) is 0.783. The number of rotatable bonds is 13. The highest BCUT2D eigenvalue weighted by molar-refractivity contribution is 5.98. The third-order valence-electron chi connectivity index (χ3n) is 5.30. The summed E-state index contributed by atoms with van der Waals surface area (Å²) in [5, 5.41) is 8.94. The van der Waals surface area contributed by atoms with Crippen LogP contribution in [-0.4, -0.2) is 67.7 Å². The van der Waals surface area contributed by atoms with Crippen LogP contribution in [0.15, 0.2) is 0 Å². The molecule has 0 unspecified atom stereocenters. The highest BCUT2D eigenvalue weighted by Crippen LogP contribution is 2.33. The maximum atomic E-state index is 13.0. The zero-order chi connectivity index (χ0) is 21.8. The van der Waals surface area contributed by atoms with Gasteiger partial charge in [0, 0.05) is 13.2 Å². The Bertz CT molecular complexity index is 599. The summed E-state index contributed by atoms with van der Waals surface area (Å²) in [5.74, 6) is -0.327. The number of hydrogen-bond donors (Lipinski definition) is 3. The summed E-state index contributed by atoms with van der Waals surface area (Å²) < 4.78 is 10.4. The maximum absolute atomic E-state index is 13.0. The fraction of sp³-hybridized carbons (Fsp3) is 0.857. The van der Waals surface area contributed by atoms with E-state index in [1.165, 1.54) is 7.11 Å². The van der Waals surface area contributed by atoms with E-state index >= 15 is 0 Å². The molecule has 8 nitrogen and oxygen atoms in total. The highest BCUT2D eigenvalue weighted by Gasteiger charge is 2.50. The lowest BCUT2D eigenvalue weighted by atomic mass is 9.93. The number of amides is 2. The molecule has 0 spiro atoms. The van der Waals surface area contributed by atoms with Gasteiger partial charge in [-0.1, -0.05) is 27.7 Å². The first-order chi connectivity index (χ1) is 13.6. The number of hydrogen-bond acceptors (Lipinski definition) is 6. The predicted molar refractivity (Wildman–Crippen MR) is 109 cm³/mol. The zero-order valence-corrected chi connectivity index (χ0v) is 18.5. The van der Waals surface area contributed by atoms with E-state index in [0.717, 1.165) is 12.8 Å². The van der Waals surface area contributed by atoms with E-state index in [1.807, 2.05) is 27.7 Å². The number of carbonyl (C=O) groups is 3. The molecule has 1 aliphatic carbocycles. The van der Waals surface area contributed by atoms with Crippen molar-refractivity contribution in [3.05, 3.63) is 0 Å². The summed E-state index contributed by atoms with van der Waals surface area (Å²) in [6.07, 6.45) is 2.30. The molecular weight excluding hydrogens is 374 g/mol. The number of epoxide rings is 1. The standard InChI is InChI=1S/C21H37N3O5/c1-12(2)9-15(18(25)21(5)11-29-21)23-20(27)17(14-7-8-14)24-19(26)16(10-28-6)22-13(3)4/h12-17,22H,7-11H2,1-6H3,(H,23,27)(H,24,26)/t15-,16-,17-,21+/m0/s1. The fourth-order valence-corrected chi connectivity index (χ4v) is 3.43. The summed E-state index contributed by atoms with van der Waals surface area (Å²) in [4.78, 5) is 38.6. The van der Waals surface area contributed by atoms with Gasteiger partial charge in [0.05, 0.1) is 19.3 Å². The second kappa shape index (κ2) is 10.00. The van der Waals surface area contributed by atoms with Crippen molar-refractivity contribution in [2.24, 2.45) is 11.8 Å². The van der Waals surface area contributed by atoms with E-state index in [2.05, 4.69) is 16.0 Å². The Balaban J connectivity index is 2.05. The van der Waals surface area contributed by atoms with Gasteiger partial charge in [0.15, 0.2) is 5.78 Å². The molecular formula is C21H37N3O5. The zero-order valence-electron chi connectivity index (χ0n) is 18.5. The molecule has 0 aromatic heterocycles. The van der Waals surface area contributed by atoms with E-state index in [-0.39, 0.29) is 42.1 Å². The van der Waals surface area contributed by atoms with E-state index in [9.17, 15) is 14.4 Å². The SMILES string of the molecule is COC[C@H](NC(C)C)C(=O)N[C@H](C(=O)N[C@@H](CC(C)C)C(=O)[C@@]1(C)CO1)C1CC1. The summed E-state index contributed by atoms with van der Waals surface area (Å²) in [5.41, 5.74) is -0.796. The fourth-order valence-electron chi connectivity index (χ4n) is 3.43. The van der Waals surface area contributed by atoms with Gasteiger partial charge in [-0.25, -0.2) is 0 Å². The lowest BCUT2D eigenvalue weighted by Gasteiger charge is -2.27. The van der Waals surface area contributed by atoms with Gasteiger partial charge in [0.25, 0.3) is 0 Å². The first-order valence-electron chi connectivity index (χ1n) is 10.6. The van der Waals surface area contributed by atoms with Crippen molar-refractivity contribution in [3.8, 4) is 0 Å². The van der Waals surface area contributed by atoms with Crippen LogP contribution in [0.3, 0.4) is 0 Å². The summed E-state index contributed by atoms with van der Waals surface area (Å²) >= 11 is 0. The molecule has 1 aliphatic heterocycles. The summed E-state index contributed by atoms with van der Waals surface area (Å²) in [6.45, 7) is 10.3. The van der Waals surface area contributed by atoms with Crippen molar-refractivity contribution in [1.82, 2.24) is 16.0 Å². The highest BCUT2D eigenvalue weighted by atomic mass is 16.6. The van der Waals surface area contributed by atoms with Crippen molar-refractivity contribution in [2.45, 2.75) is 83.6 Å². The molecule has 1 heterocycles. The van der Waals surface area contributed by atoms with Gasteiger partial charge < -0.3 is 25.4 Å². The third-order valence-corrected chi connectivity index (χ3v) is 5.30. The van der Waals surface area contributed by atoms with Crippen LogP contribution in [0, 0.1) is 11.8 Å². The Morgan fingerprint density at radius 2 is 1.69 bits per heavy atom. The molecule has 0 radical (unpaired) electrons. The Labute approximate surface area is 173 Å². The number of carbonyl (C=O) groups excluding carboxylic acids is 3. The van der Waals surface area contributed by atoms with Gasteiger partial charge in [0.1, 0.15) is 17.7 Å². The van der Waals surface area contributed by atoms with Crippen LogP contribution < -0.4 is 16.0 Å². The molecule has 3 N–H and O–H groups in total. The van der Waals surface area contributed by atoms with E-state index in [4.69, 9.17) is 9.47 Å². The Hall–Kier alpha value is -1.51. The number of ether oxygens (including phenoxy) is 2. The first-order valence-corrected chi connectivity index (χ1v) is 10.6. The number of Topliss-reactive ketones (excluding diaryl/α,β-unsaturated/α-hetero) is 1. The molecule has 0 aromatic rings. The Morgan fingerprint density at radius 3 is 2.14 bits per heavy atom. The van der Waals surface area contributed by atoms with Crippen LogP contribution in [0.5, 0.6) is 0 Å².